The molecule has 2 atom stereocenters. The molecule has 0 spiro atoms. The Morgan fingerprint density at radius 1 is 1.24 bits per heavy atom. The van der Waals surface area contributed by atoms with Crippen LogP contribution in [0.5, 0.6) is 5.75 Å². The number of aromatic nitrogens is 3. The van der Waals surface area contributed by atoms with Crippen LogP contribution in [0.2, 0.25) is 0 Å². The van der Waals surface area contributed by atoms with Gasteiger partial charge in [-0.3, -0.25) is 0 Å². The second kappa shape index (κ2) is 7.46. The molecule has 7 nitrogen and oxygen atoms in total. The molecular formula is C19H16F3N5O2. The van der Waals surface area contributed by atoms with Crippen molar-refractivity contribution in [2.45, 2.75) is 18.5 Å². The predicted molar refractivity (Wildman–Crippen MR) is 97.0 cm³/mol. The molecule has 29 heavy (non-hydrogen) atoms. The number of hydrogen-bond acceptors (Lipinski definition) is 4. The third kappa shape index (κ3) is 3.60. The molecule has 1 aliphatic rings. The van der Waals surface area contributed by atoms with Gasteiger partial charge in [-0.25, -0.2) is 18.0 Å². The zero-order valence-electron chi connectivity index (χ0n) is 17.7. The molecule has 0 bridgehead atoms. The van der Waals surface area contributed by atoms with Gasteiger partial charge in [0.1, 0.15) is 29.5 Å². The van der Waals surface area contributed by atoms with Crippen LogP contribution < -0.4 is 15.4 Å². The van der Waals surface area contributed by atoms with Crippen molar-refractivity contribution in [1.29, 1.82) is 0 Å². The van der Waals surface area contributed by atoms with Crippen molar-refractivity contribution in [1.82, 2.24) is 20.1 Å². The normalized spacial score (nSPS) is 19.6. The number of methoxy groups -OCH3 is 1. The maximum Gasteiger partial charge on any atom is 0.319 e. The molecule has 4 rings (SSSR count). The average Bonchev–Trinajstić information content (AvgIpc) is 3.25. The van der Waals surface area contributed by atoms with Gasteiger partial charge >= 0.3 is 6.03 Å². The van der Waals surface area contributed by atoms with Crippen molar-refractivity contribution in [3.8, 4) is 5.75 Å². The van der Waals surface area contributed by atoms with Gasteiger partial charge in [0.05, 0.1) is 17.2 Å². The fourth-order valence-corrected chi connectivity index (χ4v) is 3.38. The summed E-state index contributed by atoms with van der Waals surface area (Å²) in [6, 6.07) is 4.94. The molecule has 2 aromatic carbocycles. The highest BCUT2D eigenvalue weighted by Gasteiger charge is 2.39. The van der Waals surface area contributed by atoms with E-state index in [0.717, 1.165) is 24.3 Å². The summed E-state index contributed by atoms with van der Waals surface area (Å²) < 4.78 is 70.1. The molecule has 10 heteroatoms. The topological polar surface area (TPSA) is 81.1 Å². The van der Waals surface area contributed by atoms with E-state index >= 15 is 0 Å². The van der Waals surface area contributed by atoms with Crippen molar-refractivity contribution in [2.24, 2.45) is 0 Å². The number of anilines is 1. The number of amides is 2. The van der Waals surface area contributed by atoms with Crippen LogP contribution in [0.15, 0.2) is 42.7 Å². The van der Waals surface area contributed by atoms with Gasteiger partial charge in [0.15, 0.2) is 5.82 Å². The summed E-state index contributed by atoms with van der Waals surface area (Å²) in [5, 5.41) is 12.8. The lowest BCUT2D eigenvalue weighted by Gasteiger charge is -2.21. The lowest BCUT2D eigenvalue weighted by molar-refractivity contribution is 0.246. The molecule has 0 radical (unpaired) electrons. The summed E-state index contributed by atoms with van der Waals surface area (Å²) in [6.45, 7) is 0.0666. The Labute approximate surface area is 167 Å². The minimum absolute atomic E-state index is 0.0666. The zero-order chi connectivity index (χ0) is 23.0. The van der Waals surface area contributed by atoms with Crippen LogP contribution in [0, 0.1) is 17.5 Å². The van der Waals surface area contributed by atoms with E-state index in [-0.39, 0.29) is 17.9 Å². The van der Waals surface area contributed by atoms with Gasteiger partial charge in [0.2, 0.25) is 0 Å². The quantitative estimate of drug-likeness (QED) is 0.696. The zero-order valence-corrected chi connectivity index (χ0v) is 14.7. The van der Waals surface area contributed by atoms with Crippen LogP contribution in [0.25, 0.3) is 0 Å². The summed E-state index contributed by atoms with van der Waals surface area (Å²) in [7, 11) is -2.87. The number of nitrogens with zero attached hydrogens (tertiary/aromatic N) is 3. The Kier molecular flexibility index (Phi) is 3.95. The first-order chi connectivity index (χ1) is 15.1. The summed E-state index contributed by atoms with van der Waals surface area (Å²) in [6.07, 6.45) is 1.36. The van der Waals surface area contributed by atoms with Crippen molar-refractivity contribution < 1.29 is 26.8 Å². The lowest BCUT2D eigenvalue weighted by Crippen LogP contribution is -2.35. The highest BCUT2D eigenvalue weighted by molar-refractivity contribution is 5.89. The maximum absolute atomic E-state index is 14.9. The van der Waals surface area contributed by atoms with E-state index in [1.807, 2.05) is 0 Å². The van der Waals surface area contributed by atoms with E-state index in [1.54, 1.807) is 4.57 Å². The Bertz CT molecular complexity index is 1130. The fraction of sp³-hybridized carbons (Fsp3) is 0.211. The molecule has 3 aromatic rings. The van der Waals surface area contributed by atoms with Gasteiger partial charge in [0, 0.05) is 35.8 Å². The SMILES string of the molecule is [2H]C([2H])([2H])Oc1cc(F)c([C@@H]2Cn3cnnc3[C@H]2NC(=O)Nc2ccc(F)cc2)c(F)c1. The first-order valence-electron chi connectivity index (χ1n) is 9.99. The molecule has 0 fully saturated rings. The van der Waals surface area contributed by atoms with Gasteiger partial charge in [-0.1, -0.05) is 0 Å². The van der Waals surface area contributed by atoms with Gasteiger partial charge in [-0.2, -0.15) is 0 Å². The molecule has 150 valence electrons. The summed E-state index contributed by atoms with van der Waals surface area (Å²) in [5.41, 5.74) is -0.0519. The average molecular weight is 406 g/mol. The minimum atomic E-state index is -2.87. The monoisotopic (exact) mass is 406 g/mol. The lowest BCUT2D eigenvalue weighted by atomic mass is 9.92. The Morgan fingerprint density at radius 2 is 1.97 bits per heavy atom. The Morgan fingerprint density at radius 3 is 2.66 bits per heavy atom. The maximum atomic E-state index is 14.9. The number of ether oxygens (including phenoxy) is 1. The van der Waals surface area contributed by atoms with E-state index in [1.165, 1.54) is 18.5 Å². The molecular weight excluding hydrogens is 387 g/mol. The first kappa shape index (κ1) is 15.4. The van der Waals surface area contributed by atoms with Crippen molar-refractivity contribution in [3.63, 3.8) is 0 Å². The molecule has 1 aliphatic heterocycles. The van der Waals surface area contributed by atoms with Crippen molar-refractivity contribution >= 4 is 11.7 Å². The largest absolute Gasteiger partial charge is 0.497 e. The van der Waals surface area contributed by atoms with Gasteiger partial charge < -0.3 is 19.9 Å². The smallest absolute Gasteiger partial charge is 0.319 e. The number of nitrogens with one attached hydrogen (secondary N) is 2. The third-order valence-electron chi connectivity index (χ3n) is 4.65. The Hall–Kier alpha value is -3.56. The standard InChI is InChI=1S/C19H16F3N5O2/c1-29-12-6-14(21)16(15(22)7-12)13-8-27-9-23-26-18(27)17(13)25-19(28)24-11-4-2-10(20)3-5-11/h2-7,9,13,17H,8H2,1H3,(H2,24,25,28)/t13-,17-/m0/s1/i1D3. The van der Waals surface area contributed by atoms with Gasteiger partial charge in [0.25, 0.3) is 0 Å². The van der Waals surface area contributed by atoms with Crippen molar-refractivity contribution in [2.75, 3.05) is 12.4 Å². The van der Waals surface area contributed by atoms with Gasteiger partial charge in [-0.05, 0) is 24.3 Å². The minimum Gasteiger partial charge on any atom is -0.497 e. The molecule has 0 aliphatic carbocycles. The van der Waals surface area contributed by atoms with E-state index in [0.29, 0.717) is 5.69 Å². The first-order valence-corrected chi connectivity index (χ1v) is 8.49. The summed E-state index contributed by atoms with van der Waals surface area (Å²) in [5.74, 6) is -3.64. The molecule has 2 N–H and O–H groups in total. The Balaban J connectivity index is 1.60. The van der Waals surface area contributed by atoms with Crippen LogP contribution in [-0.4, -0.2) is 27.8 Å². The number of benzene rings is 2. The number of halogens is 3. The van der Waals surface area contributed by atoms with Gasteiger partial charge in [-0.15, -0.1) is 10.2 Å². The molecule has 2 heterocycles. The number of carbonyl (C=O) groups excluding carboxylic acids is 1. The number of fused-ring (bicyclic) bond motifs is 1. The van der Waals surface area contributed by atoms with Crippen LogP contribution in [0.4, 0.5) is 23.7 Å². The molecule has 0 unspecified atom stereocenters. The number of rotatable bonds is 4. The van der Waals surface area contributed by atoms with E-state index < -0.39 is 48.2 Å². The van der Waals surface area contributed by atoms with Crippen molar-refractivity contribution in [3.05, 3.63) is 71.6 Å². The summed E-state index contributed by atoms with van der Waals surface area (Å²) >= 11 is 0. The van der Waals surface area contributed by atoms with E-state index in [4.69, 9.17) is 4.11 Å². The van der Waals surface area contributed by atoms with Crippen LogP contribution in [0.3, 0.4) is 0 Å². The second-order valence-electron chi connectivity index (χ2n) is 6.43. The molecule has 0 saturated heterocycles. The number of carbonyl (C=O) groups is 1. The van der Waals surface area contributed by atoms with E-state index in [9.17, 15) is 18.0 Å². The fourth-order valence-electron chi connectivity index (χ4n) is 3.38. The molecule has 0 saturated carbocycles. The molecule has 2 amide bonds. The number of hydrogen-bond donors (Lipinski definition) is 2. The third-order valence-corrected chi connectivity index (χ3v) is 4.65. The highest BCUT2D eigenvalue weighted by atomic mass is 19.1. The van der Waals surface area contributed by atoms with E-state index in [2.05, 4.69) is 25.6 Å². The van der Waals surface area contributed by atoms with Crippen LogP contribution in [0.1, 0.15) is 27.5 Å². The summed E-state index contributed by atoms with van der Waals surface area (Å²) in [4.78, 5) is 12.5. The second-order valence-corrected chi connectivity index (χ2v) is 6.43. The number of urea groups is 1. The van der Waals surface area contributed by atoms with Crippen LogP contribution in [-0.2, 0) is 6.54 Å². The van der Waals surface area contributed by atoms with Crippen LogP contribution >= 0.6 is 0 Å². The molecule has 1 aromatic heterocycles. The predicted octanol–water partition coefficient (Wildman–Crippen LogP) is 3.36. The highest BCUT2D eigenvalue weighted by Crippen LogP contribution is 2.40.